The molecule has 0 atom stereocenters. The van der Waals surface area contributed by atoms with Crippen LogP contribution in [0.25, 0.3) is 11.3 Å². The van der Waals surface area contributed by atoms with Crippen LogP contribution in [0.1, 0.15) is 11.1 Å². The third-order valence-corrected chi connectivity index (χ3v) is 3.55. The number of phenols is 1. The molecule has 6 nitrogen and oxygen atoms in total. The summed E-state index contributed by atoms with van der Waals surface area (Å²) in [6.07, 6.45) is 1.75. The van der Waals surface area contributed by atoms with Crippen molar-refractivity contribution in [3.8, 4) is 28.8 Å². The molecule has 1 heterocycles. The first kappa shape index (κ1) is 14.9. The molecule has 1 aromatic heterocycles. The quantitative estimate of drug-likeness (QED) is 0.665. The maximum atomic E-state index is 11.9. The van der Waals surface area contributed by atoms with E-state index in [9.17, 15) is 15.2 Å². The van der Waals surface area contributed by atoms with E-state index in [-0.39, 0.29) is 17.0 Å². The zero-order chi connectivity index (χ0) is 15.6. The minimum atomic E-state index is -0.535. The predicted molar refractivity (Wildman–Crippen MR) is 79.7 cm³/mol. The van der Waals surface area contributed by atoms with E-state index in [2.05, 4.69) is 9.97 Å². The molecule has 0 radical (unpaired) electrons. The summed E-state index contributed by atoms with van der Waals surface area (Å²) in [6, 6.07) is 5.04. The fourth-order valence-electron chi connectivity index (χ4n) is 1.89. The van der Waals surface area contributed by atoms with Gasteiger partial charge in [-0.1, -0.05) is 11.8 Å². The average Bonchev–Trinajstić information content (AvgIpc) is 2.48. The number of rotatable bonds is 3. The predicted octanol–water partition coefficient (Wildman–Crippen LogP) is 2.05. The molecule has 2 rings (SSSR count). The number of methoxy groups -OCH3 is 1. The van der Waals surface area contributed by atoms with E-state index in [1.165, 1.54) is 18.9 Å². The number of nitrogens with zero attached hydrogens (tertiary/aromatic N) is 2. The summed E-state index contributed by atoms with van der Waals surface area (Å²) in [4.78, 5) is 18.7. The molecule has 0 amide bonds. The smallest absolute Gasteiger partial charge is 0.270 e. The molecular formula is C14H13N3O3S. The Morgan fingerprint density at radius 3 is 2.76 bits per heavy atom. The Balaban J connectivity index is 2.84. The number of hydrogen-bond donors (Lipinski definition) is 2. The summed E-state index contributed by atoms with van der Waals surface area (Å²) in [6.45, 7) is 1.70. The average molecular weight is 303 g/mol. The first-order valence-corrected chi connectivity index (χ1v) is 7.20. The van der Waals surface area contributed by atoms with Gasteiger partial charge in [-0.05, 0) is 30.9 Å². The van der Waals surface area contributed by atoms with Crippen LogP contribution in [0, 0.1) is 18.3 Å². The number of H-pyrrole nitrogens is 1. The van der Waals surface area contributed by atoms with Crippen molar-refractivity contribution >= 4 is 11.8 Å². The van der Waals surface area contributed by atoms with Crippen LogP contribution in [0.4, 0.5) is 0 Å². The van der Waals surface area contributed by atoms with Gasteiger partial charge in [0.2, 0.25) is 0 Å². The van der Waals surface area contributed by atoms with Crippen LogP contribution >= 0.6 is 11.8 Å². The van der Waals surface area contributed by atoms with Crippen molar-refractivity contribution in [3.63, 3.8) is 0 Å². The van der Waals surface area contributed by atoms with Crippen molar-refractivity contribution in [3.05, 3.63) is 33.6 Å². The Kier molecular flexibility index (Phi) is 4.19. The van der Waals surface area contributed by atoms with E-state index in [0.29, 0.717) is 22.0 Å². The summed E-state index contributed by atoms with van der Waals surface area (Å²) >= 11 is 1.24. The maximum Gasteiger partial charge on any atom is 0.270 e. The Labute approximate surface area is 125 Å². The molecular weight excluding hydrogens is 290 g/mol. The van der Waals surface area contributed by atoms with Crippen LogP contribution < -0.4 is 10.3 Å². The van der Waals surface area contributed by atoms with E-state index in [0.717, 1.165) is 0 Å². The van der Waals surface area contributed by atoms with Crippen molar-refractivity contribution in [2.24, 2.45) is 0 Å². The van der Waals surface area contributed by atoms with Gasteiger partial charge in [0, 0.05) is 5.56 Å². The van der Waals surface area contributed by atoms with Crippen LogP contribution in [0.15, 0.2) is 22.1 Å². The van der Waals surface area contributed by atoms with Crippen molar-refractivity contribution in [2.45, 2.75) is 12.1 Å². The van der Waals surface area contributed by atoms with E-state index < -0.39 is 5.56 Å². The largest absolute Gasteiger partial charge is 0.507 e. The summed E-state index contributed by atoms with van der Waals surface area (Å²) in [5, 5.41) is 19.8. The Morgan fingerprint density at radius 1 is 1.48 bits per heavy atom. The molecule has 0 fully saturated rings. The van der Waals surface area contributed by atoms with Crippen LogP contribution in [-0.2, 0) is 0 Å². The number of hydrogen-bond acceptors (Lipinski definition) is 6. The number of aryl methyl sites for hydroxylation is 1. The van der Waals surface area contributed by atoms with Gasteiger partial charge in [-0.15, -0.1) is 0 Å². The molecule has 0 aliphatic carbocycles. The third kappa shape index (κ3) is 2.71. The van der Waals surface area contributed by atoms with E-state index in [1.54, 1.807) is 25.3 Å². The summed E-state index contributed by atoms with van der Waals surface area (Å²) in [7, 11) is 1.50. The second-order valence-electron chi connectivity index (χ2n) is 4.25. The Morgan fingerprint density at radius 2 is 2.19 bits per heavy atom. The number of aromatic hydroxyl groups is 1. The number of thioether (sulfide) groups is 1. The highest BCUT2D eigenvalue weighted by atomic mass is 32.2. The zero-order valence-electron chi connectivity index (χ0n) is 11.7. The first-order valence-electron chi connectivity index (χ1n) is 5.98. The van der Waals surface area contributed by atoms with E-state index in [1.807, 2.05) is 6.07 Å². The molecule has 0 saturated heterocycles. The SMILES string of the molecule is COc1cc(C)c(O)c(-c2nc(SC)[nH]c(=O)c2C#N)c1. The zero-order valence-corrected chi connectivity index (χ0v) is 12.5. The highest BCUT2D eigenvalue weighted by molar-refractivity contribution is 7.98. The minimum absolute atomic E-state index is 0.0301. The Hall–Kier alpha value is -2.46. The van der Waals surface area contributed by atoms with Crippen molar-refractivity contribution in [1.82, 2.24) is 9.97 Å². The van der Waals surface area contributed by atoms with Gasteiger partial charge >= 0.3 is 0 Å². The van der Waals surface area contributed by atoms with Crippen LogP contribution in [0.2, 0.25) is 0 Å². The maximum absolute atomic E-state index is 11.9. The number of ether oxygens (including phenoxy) is 1. The first-order chi connectivity index (χ1) is 10.0. The number of benzene rings is 1. The molecule has 2 aromatic rings. The molecule has 2 N–H and O–H groups in total. The van der Waals surface area contributed by atoms with Gasteiger partial charge < -0.3 is 14.8 Å². The molecule has 0 aliphatic rings. The van der Waals surface area contributed by atoms with Crippen LogP contribution in [0.3, 0.4) is 0 Å². The standard InChI is InChI=1S/C14H13N3O3S/c1-7-4-8(20-2)5-9(12(7)18)11-10(6-15)13(19)17-14(16-11)21-3/h4-5,18H,1-3H3,(H,16,17,19). The van der Waals surface area contributed by atoms with Gasteiger partial charge in [0.1, 0.15) is 28.8 Å². The number of nitriles is 1. The summed E-state index contributed by atoms with van der Waals surface area (Å²) in [5.41, 5.74) is 0.332. The number of aromatic nitrogens is 2. The normalized spacial score (nSPS) is 10.2. The lowest BCUT2D eigenvalue weighted by Crippen LogP contribution is -2.14. The fourth-order valence-corrected chi connectivity index (χ4v) is 2.27. The number of nitrogens with one attached hydrogen (secondary N) is 1. The molecule has 21 heavy (non-hydrogen) atoms. The molecule has 0 saturated carbocycles. The Bertz CT molecular complexity index is 793. The monoisotopic (exact) mass is 303 g/mol. The topological polar surface area (TPSA) is 99.0 Å². The van der Waals surface area contributed by atoms with Gasteiger partial charge in [-0.3, -0.25) is 4.79 Å². The van der Waals surface area contributed by atoms with Gasteiger partial charge in [0.15, 0.2) is 5.16 Å². The second kappa shape index (κ2) is 5.89. The number of aromatic amines is 1. The van der Waals surface area contributed by atoms with Crippen molar-refractivity contribution in [1.29, 1.82) is 5.26 Å². The van der Waals surface area contributed by atoms with Gasteiger partial charge in [-0.25, -0.2) is 4.98 Å². The van der Waals surface area contributed by atoms with Crippen LogP contribution in [-0.4, -0.2) is 28.4 Å². The second-order valence-corrected chi connectivity index (χ2v) is 5.05. The molecule has 0 bridgehead atoms. The highest BCUT2D eigenvalue weighted by Gasteiger charge is 2.18. The van der Waals surface area contributed by atoms with Gasteiger partial charge in [0.25, 0.3) is 5.56 Å². The van der Waals surface area contributed by atoms with E-state index in [4.69, 9.17) is 4.74 Å². The van der Waals surface area contributed by atoms with Gasteiger partial charge in [0.05, 0.1) is 7.11 Å². The lowest BCUT2D eigenvalue weighted by atomic mass is 10.0. The molecule has 0 unspecified atom stereocenters. The number of phenolic OH excluding ortho intramolecular Hbond substituents is 1. The fraction of sp³-hybridized carbons (Fsp3) is 0.214. The molecule has 7 heteroatoms. The molecule has 0 spiro atoms. The summed E-state index contributed by atoms with van der Waals surface area (Å²) in [5.74, 6) is 0.481. The molecule has 108 valence electrons. The lowest BCUT2D eigenvalue weighted by Gasteiger charge is -2.11. The van der Waals surface area contributed by atoms with Gasteiger partial charge in [-0.2, -0.15) is 5.26 Å². The third-order valence-electron chi connectivity index (χ3n) is 2.97. The highest BCUT2D eigenvalue weighted by Crippen LogP contribution is 2.36. The van der Waals surface area contributed by atoms with Crippen LogP contribution in [0.5, 0.6) is 11.5 Å². The molecule has 0 aliphatic heterocycles. The minimum Gasteiger partial charge on any atom is -0.507 e. The summed E-state index contributed by atoms with van der Waals surface area (Å²) < 4.78 is 5.16. The lowest BCUT2D eigenvalue weighted by molar-refractivity contribution is 0.412. The van der Waals surface area contributed by atoms with E-state index >= 15 is 0 Å². The van der Waals surface area contributed by atoms with Crippen molar-refractivity contribution in [2.75, 3.05) is 13.4 Å². The van der Waals surface area contributed by atoms with Crippen molar-refractivity contribution < 1.29 is 9.84 Å². The molecule has 1 aromatic carbocycles.